The molecule has 8 heteroatoms. The fourth-order valence-electron chi connectivity index (χ4n) is 6.89. The van der Waals surface area contributed by atoms with Gasteiger partial charge in [-0.1, -0.05) is 53.3 Å². The number of carbonyl (C=O) groups is 2. The van der Waals surface area contributed by atoms with Crippen LogP contribution >= 0.6 is 34.7 Å². The third kappa shape index (κ3) is 2.70. The van der Waals surface area contributed by atoms with Gasteiger partial charge in [0, 0.05) is 21.1 Å². The van der Waals surface area contributed by atoms with Gasteiger partial charge in [0.2, 0.25) is 11.8 Å². The first kappa shape index (κ1) is 20.1. The summed E-state index contributed by atoms with van der Waals surface area (Å²) in [5.74, 6) is -0.192. The molecule has 4 aliphatic rings. The van der Waals surface area contributed by atoms with Crippen LogP contribution in [0, 0.1) is 29.6 Å². The van der Waals surface area contributed by atoms with Crippen molar-refractivity contribution >= 4 is 52.2 Å². The number of amides is 2. The first-order chi connectivity index (χ1) is 16.0. The van der Waals surface area contributed by atoms with Crippen LogP contribution in [-0.2, 0) is 9.59 Å². The number of rotatable bonds is 2. The Morgan fingerprint density at radius 3 is 2.33 bits per heavy atom. The molecule has 3 fully saturated rings. The van der Waals surface area contributed by atoms with Crippen LogP contribution < -0.4 is 9.77 Å². The number of hydrogen-bond acceptors (Lipinski definition) is 5. The maximum absolute atomic E-state index is 13.6. The lowest BCUT2D eigenvalue weighted by Gasteiger charge is -2.43. The molecule has 3 aromatic rings. The number of nitrogens with zero attached hydrogens (tertiary/aromatic N) is 1. The van der Waals surface area contributed by atoms with Crippen LogP contribution in [0.15, 0.2) is 64.4 Å². The van der Waals surface area contributed by atoms with Crippen molar-refractivity contribution in [2.24, 2.45) is 29.6 Å². The molecular formula is C25H19ClN2O3S2. The number of imide groups is 1. The zero-order valence-corrected chi connectivity index (χ0v) is 19.7. The minimum absolute atomic E-state index is 0.0251. The molecule has 0 spiro atoms. The molecule has 2 saturated carbocycles. The summed E-state index contributed by atoms with van der Waals surface area (Å²) in [6.07, 6.45) is 0.890. The van der Waals surface area contributed by atoms with E-state index in [9.17, 15) is 14.4 Å². The molecule has 33 heavy (non-hydrogen) atoms. The third-order valence-corrected chi connectivity index (χ3v) is 10.8. The first-order valence-corrected chi connectivity index (χ1v) is 13.2. The van der Waals surface area contributed by atoms with Crippen molar-refractivity contribution in [3.63, 3.8) is 0 Å². The Kier molecular flexibility index (Phi) is 4.30. The summed E-state index contributed by atoms with van der Waals surface area (Å²) >= 11 is 9.15. The van der Waals surface area contributed by atoms with E-state index in [-0.39, 0.29) is 57.4 Å². The maximum Gasteiger partial charge on any atom is 0.305 e. The summed E-state index contributed by atoms with van der Waals surface area (Å²) in [5.41, 5.74) is 1.78. The molecule has 0 unspecified atom stereocenters. The van der Waals surface area contributed by atoms with Crippen LogP contribution in [0.1, 0.15) is 22.8 Å². The molecule has 7 atom stereocenters. The number of fused-ring (bicyclic) bond motifs is 9. The maximum atomic E-state index is 13.6. The molecule has 2 amide bonds. The number of halogens is 1. The van der Waals surface area contributed by atoms with Gasteiger partial charge < -0.3 is 4.98 Å². The van der Waals surface area contributed by atoms with Crippen LogP contribution in [0.3, 0.4) is 0 Å². The highest BCUT2D eigenvalue weighted by atomic mass is 35.5. The molecule has 2 aliphatic heterocycles. The van der Waals surface area contributed by atoms with Gasteiger partial charge in [-0.2, -0.15) is 0 Å². The number of aromatic amines is 1. The molecule has 2 bridgehead atoms. The summed E-state index contributed by atoms with van der Waals surface area (Å²) in [7, 11) is 0. The molecule has 1 saturated heterocycles. The summed E-state index contributed by atoms with van der Waals surface area (Å²) in [6, 6.07) is 17.1. The summed E-state index contributed by atoms with van der Waals surface area (Å²) < 4.78 is 0. The minimum atomic E-state index is -0.281. The number of anilines is 1. The second-order valence-corrected chi connectivity index (χ2v) is 12.0. The van der Waals surface area contributed by atoms with E-state index in [1.165, 1.54) is 16.2 Å². The number of benzene rings is 2. The van der Waals surface area contributed by atoms with E-state index < -0.39 is 0 Å². The van der Waals surface area contributed by atoms with Crippen molar-refractivity contribution in [2.45, 2.75) is 22.6 Å². The average molecular weight is 495 g/mol. The van der Waals surface area contributed by atoms with Crippen LogP contribution in [0.5, 0.6) is 0 Å². The van der Waals surface area contributed by atoms with Gasteiger partial charge in [-0.05, 0) is 54.0 Å². The van der Waals surface area contributed by atoms with Gasteiger partial charge in [0.25, 0.3) is 0 Å². The Morgan fingerprint density at radius 2 is 1.61 bits per heavy atom. The Morgan fingerprint density at radius 1 is 0.909 bits per heavy atom. The average Bonchev–Trinajstić information content (AvgIpc) is 3.54. The summed E-state index contributed by atoms with van der Waals surface area (Å²) in [4.78, 5) is 44.9. The third-order valence-electron chi connectivity index (χ3n) is 7.97. The predicted molar refractivity (Wildman–Crippen MR) is 129 cm³/mol. The lowest BCUT2D eigenvalue weighted by molar-refractivity contribution is -0.123. The largest absolute Gasteiger partial charge is 0.307 e. The number of nitrogens with one attached hydrogen (secondary N) is 1. The minimum Gasteiger partial charge on any atom is -0.307 e. The van der Waals surface area contributed by atoms with E-state index in [1.807, 2.05) is 54.6 Å². The van der Waals surface area contributed by atoms with Crippen molar-refractivity contribution in [2.75, 3.05) is 4.90 Å². The normalized spacial score (nSPS) is 33.8. The van der Waals surface area contributed by atoms with Crippen LogP contribution in [0.2, 0.25) is 5.02 Å². The molecule has 2 aromatic carbocycles. The smallest absolute Gasteiger partial charge is 0.305 e. The number of hydrogen-bond donors (Lipinski definition) is 1. The van der Waals surface area contributed by atoms with Gasteiger partial charge in [0.15, 0.2) is 0 Å². The Balaban J connectivity index is 1.34. The summed E-state index contributed by atoms with van der Waals surface area (Å²) in [6.45, 7) is 0. The van der Waals surface area contributed by atoms with Crippen LogP contribution in [0.25, 0.3) is 0 Å². The highest BCUT2D eigenvalue weighted by Gasteiger charge is 2.69. The lowest BCUT2D eigenvalue weighted by atomic mass is 9.68. The molecule has 1 aromatic heterocycles. The fourth-order valence-corrected chi connectivity index (χ4v) is 9.91. The van der Waals surface area contributed by atoms with Crippen LogP contribution in [0.4, 0.5) is 5.69 Å². The van der Waals surface area contributed by atoms with Gasteiger partial charge in [-0.3, -0.25) is 19.3 Å². The van der Waals surface area contributed by atoms with Crippen molar-refractivity contribution in [1.29, 1.82) is 0 Å². The topological polar surface area (TPSA) is 70.2 Å². The monoisotopic (exact) mass is 494 g/mol. The van der Waals surface area contributed by atoms with E-state index in [4.69, 9.17) is 11.6 Å². The number of thioether (sulfide) groups is 1. The molecule has 5 nitrogen and oxygen atoms in total. The Hall–Kier alpha value is -2.35. The van der Waals surface area contributed by atoms with E-state index in [0.29, 0.717) is 10.7 Å². The van der Waals surface area contributed by atoms with Crippen molar-refractivity contribution in [3.05, 3.63) is 79.7 Å². The molecule has 2 aliphatic carbocycles. The van der Waals surface area contributed by atoms with Crippen molar-refractivity contribution in [3.8, 4) is 0 Å². The number of carbonyl (C=O) groups excluding carboxylic acids is 2. The fraction of sp³-hybridized carbons (Fsp3) is 0.320. The second-order valence-electron chi connectivity index (χ2n) is 9.36. The van der Waals surface area contributed by atoms with E-state index in [0.717, 1.165) is 21.9 Å². The van der Waals surface area contributed by atoms with Gasteiger partial charge in [0.05, 0.1) is 22.5 Å². The molecule has 0 radical (unpaired) electrons. The molecule has 3 heterocycles. The highest BCUT2D eigenvalue weighted by Crippen LogP contribution is 2.68. The van der Waals surface area contributed by atoms with E-state index in [1.54, 1.807) is 11.8 Å². The molecule has 1 N–H and O–H groups in total. The first-order valence-electron chi connectivity index (χ1n) is 11.1. The van der Waals surface area contributed by atoms with Gasteiger partial charge in [-0.15, -0.1) is 11.8 Å². The molecular weight excluding hydrogens is 476 g/mol. The van der Waals surface area contributed by atoms with Gasteiger partial charge >= 0.3 is 4.87 Å². The number of thiazole rings is 1. The standard InChI is InChI=1S/C25H19ClN2O3S2/c26-12-8-6-11(7-9-12)16-17-14-10-15(20(17)32-22-21(16)33-25(31)27-22)19-18(14)23(29)28(24(19)30)13-4-2-1-3-5-13/h1-9,14-20H,10H2,(H,27,31)/t14-,15-,16-,17+,18-,19+,20-/m1/s1. The van der Waals surface area contributed by atoms with E-state index >= 15 is 0 Å². The number of aromatic nitrogens is 1. The van der Waals surface area contributed by atoms with Gasteiger partial charge in [0.1, 0.15) is 0 Å². The zero-order chi connectivity index (χ0) is 22.4. The van der Waals surface area contributed by atoms with Crippen molar-refractivity contribution < 1.29 is 9.59 Å². The Bertz CT molecular complexity index is 1350. The number of H-pyrrole nitrogens is 1. The van der Waals surface area contributed by atoms with Crippen LogP contribution in [-0.4, -0.2) is 22.0 Å². The van der Waals surface area contributed by atoms with E-state index in [2.05, 4.69) is 4.98 Å². The predicted octanol–water partition coefficient (Wildman–Crippen LogP) is 4.77. The highest BCUT2D eigenvalue weighted by molar-refractivity contribution is 8.00. The number of para-hydroxylation sites is 1. The molecule has 7 rings (SSSR count). The Labute approximate surface area is 203 Å². The van der Waals surface area contributed by atoms with Gasteiger partial charge in [-0.25, -0.2) is 0 Å². The quantitative estimate of drug-likeness (QED) is 0.521. The lowest BCUT2D eigenvalue weighted by Crippen LogP contribution is -2.42. The second kappa shape index (κ2) is 7.08. The van der Waals surface area contributed by atoms with Crippen molar-refractivity contribution in [1.82, 2.24) is 4.98 Å². The zero-order valence-electron chi connectivity index (χ0n) is 17.3. The SMILES string of the molecule is O=C1[C@@H]2[C@@H]3C[C@@H]([C@H]4Sc5[nH]c(=O)sc5[C@H](c5ccc(Cl)cc5)[C@H]34)[C@@H]2C(=O)N1c1ccccc1. The molecule has 166 valence electrons. The summed E-state index contributed by atoms with van der Waals surface area (Å²) in [5, 5.41) is 1.79.